The van der Waals surface area contributed by atoms with E-state index in [0.29, 0.717) is 0 Å². The van der Waals surface area contributed by atoms with Crippen LogP contribution in [0.15, 0.2) is 22.7 Å². The SMILES string of the molecule is CC1c2cccc(Br)c2N(C(N)=O)N1C. The maximum absolute atomic E-state index is 11.4. The number of carbonyl (C=O) groups is 1. The average Bonchev–Trinajstić information content (AvgIpc) is 2.43. The number of hydrogen-bond donors (Lipinski definition) is 1. The van der Waals surface area contributed by atoms with Gasteiger partial charge in [-0.25, -0.2) is 14.8 Å². The predicted octanol–water partition coefficient (Wildman–Crippen LogP) is 2.26. The Bertz CT molecular complexity index is 421. The maximum Gasteiger partial charge on any atom is 0.334 e. The van der Waals surface area contributed by atoms with Crippen LogP contribution in [0.5, 0.6) is 0 Å². The lowest BCUT2D eigenvalue weighted by molar-refractivity contribution is 0.222. The molecule has 0 radical (unpaired) electrons. The molecule has 0 fully saturated rings. The zero-order chi connectivity index (χ0) is 11.2. The molecule has 1 atom stereocenters. The molecule has 80 valence electrons. The average molecular weight is 270 g/mol. The van der Waals surface area contributed by atoms with Gasteiger partial charge >= 0.3 is 6.03 Å². The minimum atomic E-state index is -0.463. The molecule has 2 N–H and O–H groups in total. The molecule has 1 aliphatic heterocycles. The molecule has 4 nitrogen and oxygen atoms in total. The van der Waals surface area contributed by atoms with Gasteiger partial charge in [-0.05, 0) is 34.5 Å². The van der Waals surface area contributed by atoms with Crippen LogP contribution in [0.1, 0.15) is 18.5 Å². The van der Waals surface area contributed by atoms with Gasteiger partial charge in [0.05, 0.1) is 11.7 Å². The number of halogens is 1. The van der Waals surface area contributed by atoms with Gasteiger partial charge in [0.15, 0.2) is 0 Å². The van der Waals surface area contributed by atoms with Crippen molar-refractivity contribution in [3.05, 3.63) is 28.2 Å². The Morgan fingerprint density at radius 3 is 2.80 bits per heavy atom. The smallest absolute Gasteiger partial charge is 0.334 e. The summed E-state index contributed by atoms with van der Waals surface area (Å²) in [4.78, 5) is 11.4. The summed E-state index contributed by atoms with van der Waals surface area (Å²) in [5, 5.41) is 3.32. The number of fused-ring (bicyclic) bond motifs is 1. The van der Waals surface area contributed by atoms with Crippen LogP contribution in [0.4, 0.5) is 10.5 Å². The molecule has 1 aromatic rings. The fourth-order valence-corrected chi connectivity index (χ4v) is 2.44. The maximum atomic E-state index is 11.4. The van der Waals surface area contributed by atoms with Crippen LogP contribution < -0.4 is 10.7 Å². The molecule has 1 heterocycles. The van der Waals surface area contributed by atoms with Crippen molar-refractivity contribution >= 4 is 27.6 Å². The third kappa shape index (κ3) is 1.42. The van der Waals surface area contributed by atoms with Gasteiger partial charge in [-0.15, -0.1) is 0 Å². The van der Waals surface area contributed by atoms with Gasteiger partial charge in [0.25, 0.3) is 0 Å². The third-order valence-corrected chi connectivity index (χ3v) is 3.40. The lowest BCUT2D eigenvalue weighted by Crippen LogP contribution is -2.44. The molecule has 1 unspecified atom stereocenters. The van der Waals surface area contributed by atoms with E-state index in [2.05, 4.69) is 15.9 Å². The number of rotatable bonds is 0. The zero-order valence-corrected chi connectivity index (χ0v) is 10.2. The topological polar surface area (TPSA) is 49.6 Å². The molecule has 0 spiro atoms. The van der Waals surface area contributed by atoms with E-state index in [0.717, 1.165) is 15.7 Å². The Balaban J connectivity index is 2.61. The Hall–Kier alpha value is -1.07. The number of amides is 2. The van der Waals surface area contributed by atoms with Gasteiger partial charge in [0.2, 0.25) is 0 Å². The highest BCUT2D eigenvalue weighted by Crippen LogP contribution is 2.42. The number of benzene rings is 1. The van der Waals surface area contributed by atoms with Crippen LogP contribution in [0.25, 0.3) is 0 Å². The largest absolute Gasteiger partial charge is 0.350 e. The van der Waals surface area contributed by atoms with Gasteiger partial charge in [0.1, 0.15) is 0 Å². The van der Waals surface area contributed by atoms with Gasteiger partial charge in [-0.3, -0.25) is 0 Å². The number of nitrogens with zero attached hydrogens (tertiary/aromatic N) is 2. The molecular weight excluding hydrogens is 258 g/mol. The zero-order valence-electron chi connectivity index (χ0n) is 8.57. The Kier molecular flexibility index (Phi) is 2.44. The van der Waals surface area contributed by atoms with Crippen molar-refractivity contribution in [2.45, 2.75) is 13.0 Å². The van der Waals surface area contributed by atoms with E-state index in [1.165, 1.54) is 5.01 Å². The second-order valence-electron chi connectivity index (χ2n) is 3.58. The summed E-state index contributed by atoms with van der Waals surface area (Å²) >= 11 is 3.43. The highest BCUT2D eigenvalue weighted by atomic mass is 79.9. The van der Waals surface area contributed by atoms with Crippen molar-refractivity contribution in [2.24, 2.45) is 5.73 Å². The van der Waals surface area contributed by atoms with Crippen molar-refractivity contribution in [3.63, 3.8) is 0 Å². The quantitative estimate of drug-likeness (QED) is 0.786. The monoisotopic (exact) mass is 269 g/mol. The van der Waals surface area contributed by atoms with Crippen LogP contribution in [0, 0.1) is 0 Å². The number of hydrazine groups is 1. The molecule has 1 aromatic carbocycles. The minimum Gasteiger partial charge on any atom is -0.350 e. The van der Waals surface area contributed by atoms with Crippen molar-refractivity contribution in [1.82, 2.24) is 5.01 Å². The Morgan fingerprint density at radius 1 is 1.53 bits per heavy atom. The number of hydrogen-bond acceptors (Lipinski definition) is 2. The van der Waals surface area contributed by atoms with Gasteiger partial charge in [-0.2, -0.15) is 0 Å². The van der Waals surface area contributed by atoms with E-state index in [-0.39, 0.29) is 6.04 Å². The van der Waals surface area contributed by atoms with Gasteiger partial charge in [-0.1, -0.05) is 12.1 Å². The predicted molar refractivity (Wildman–Crippen MR) is 62.4 cm³/mol. The summed E-state index contributed by atoms with van der Waals surface area (Å²) in [5.41, 5.74) is 7.31. The minimum absolute atomic E-state index is 0.157. The first-order valence-electron chi connectivity index (χ1n) is 4.64. The van der Waals surface area contributed by atoms with E-state index in [4.69, 9.17) is 5.73 Å². The summed E-state index contributed by atoms with van der Waals surface area (Å²) in [6.45, 7) is 2.04. The molecule has 0 bridgehead atoms. The van der Waals surface area contributed by atoms with Crippen LogP contribution in [0.2, 0.25) is 0 Å². The number of carbonyl (C=O) groups excluding carboxylic acids is 1. The molecule has 0 saturated heterocycles. The first-order chi connectivity index (χ1) is 7.04. The fraction of sp³-hybridized carbons (Fsp3) is 0.300. The number of para-hydroxylation sites is 1. The van der Waals surface area contributed by atoms with E-state index in [9.17, 15) is 4.79 Å². The summed E-state index contributed by atoms with van der Waals surface area (Å²) < 4.78 is 0.884. The van der Waals surface area contributed by atoms with E-state index < -0.39 is 6.03 Å². The molecule has 0 aromatic heterocycles. The molecule has 0 saturated carbocycles. The van der Waals surface area contributed by atoms with Crippen molar-refractivity contribution in [3.8, 4) is 0 Å². The summed E-state index contributed by atoms with van der Waals surface area (Å²) in [6, 6.07) is 5.56. The van der Waals surface area contributed by atoms with Crippen molar-refractivity contribution < 1.29 is 4.79 Å². The molecule has 1 aliphatic rings. The number of nitrogens with two attached hydrogens (primary N) is 1. The first kappa shape index (κ1) is 10.4. The highest BCUT2D eigenvalue weighted by Gasteiger charge is 2.35. The molecule has 0 aliphatic carbocycles. The summed E-state index contributed by atoms with van der Waals surface area (Å²) in [7, 11) is 1.85. The molecule has 2 rings (SSSR count). The molecular formula is C10H12BrN3O. The number of anilines is 1. The molecule has 15 heavy (non-hydrogen) atoms. The van der Waals surface area contributed by atoms with Crippen LogP contribution in [0.3, 0.4) is 0 Å². The third-order valence-electron chi connectivity index (χ3n) is 2.76. The van der Waals surface area contributed by atoms with E-state index >= 15 is 0 Å². The molecule has 2 amide bonds. The van der Waals surface area contributed by atoms with Gasteiger partial charge < -0.3 is 5.73 Å². The van der Waals surface area contributed by atoms with Crippen LogP contribution in [-0.4, -0.2) is 18.1 Å². The van der Waals surface area contributed by atoms with E-state index in [1.807, 2.05) is 37.2 Å². The lowest BCUT2D eigenvalue weighted by Gasteiger charge is -2.25. The summed E-state index contributed by atoms with van der Waals surface area (Å²) in [5.74, 6) is 0. The van der Waals surface area contributed by atoms with Crippen molar-refractivity contribution in [2.75, 3.05) is 12.1 Å². The normalized spacial score (nSPS) is 20.5. The first-order valence-corrected chi connectivity index (χ1v) is 5.44. The number of urea groups is 1. The van der Waals surface area contributed by atoms with E-state index in [1.54, 1.807) is 0 Å². The Labute approximate surface area is 96.7 Å². The van der Waals surface area contributed by atoms with Gasteiger partial charge in [0, 0.05) is 11.5 Å². The highest BCUT2D eigenvalue weighted by molar-refractivity contribution is 9.10. The second kappa shape index (κ2) is 3.50. The Morgan fingerprint density at radius 2 is 2.20 bits per heavy atom. The van der Waals surface area contributed by atoms with Crippen LogP contribution in [-0.2, 0) is 0 Å². The number of primary amides is 1. The summed E-state index contributed by atoms with van der Waals surface area (Å²) in [6.07, 6.45) is 0. The fourth-order valence-electron chi connectivity index (χ4n) is 1.89. The van der Waals surface area contributed by atoms with Crippen LogP contribution >= 0.6 is 15.9 Å². The second-order valence-corrected chi connectivity index (χ2v) is 4.43. The molecule has 5 heteroatoms. The standard InChI is InChI=1S/C10H12BrN3O/c1-6-7-4-3-5-8(11)9(7)14(10(12)15)13(6)2/h3-6H,1-2H3,(H2,12,15). The lowest BCUT2D eigenvalue weighted by atomic mass is 10.1. The van der Waals surface area contributed by atoms with Crippen molar-refractivity contribution in [1.29, 1.82) is 0 Å².